The molecule has 3 aromatic heterocycles. The summed E-state index contributed by atoms with van der Waals surface area (Å²) in [4.78, 5) is 34.8. The summed E-state index contributed by atoms with van der Waals surface area (Å²) in [6, 6.07) is 11.6. The third kappa shape index (κ3) is 4.57. The molecular weight excluding hydrogens is 474 g/mol. The standard InChI is InChI=1S/C23H21N5O4S2/c29-20(14-34(31,32)13-16-6-3-4-8-24-16)26-18-11-15-5-1-2-7-17(15)21(18)27-22(30)19-12-25-23-28(19)9-10-33-23/h1-10,12,18,21H,11,13-14H2,(H,26,29)(H,27,30)/t18-,21-/m1/s1. The Morgan fingerprint density at radius 3 is 2.74 bits per heavy atom. The van der Waals surface area contributed by atoms with Crippen molar-refractivity contribution >= 4 is 37.9 Å². The van der Waals surface area contributed by atoms with Gasteiger partial charge in [0.15, 0.2) is 14.8 Å². The molecule has 34 heavy (non-hydrogen) atoms. The van der Waals surface area contributed by atoms with Gasteiger partial charge in [0.2, 0.25) is 5.91 Å². The number of benzene rings is 1. The Labute approximate surface area is 199 Å². The molecule has 11 heteroatoms. The first-order valence-corrected chi connectivity index (χ1v) is 13.3. The smallest absolute Gasteiger partial charge is 0.270 e. The highest BCUT2D eigenvalue weighted by molar-refractivity contribution is 7.91. The van der Waals surface area contributed by atoms with Crippen LogP contribution in [0.2, 0.25) is 0 Å². The molecule has 0 radical (unpaired) electrons. The zero-order valence-electron chi connectivity index (χ0n) is 17.9. The molecule has 0 aliphatic heterocycles. The summed E-state index contributed by atoms with van der Waals surface area (Å²) >= 11 is 1.43. The minimum Gasteiger partial charge on any atom is -0.350 e. The molecule has 1 aromatic carbocycles. The minimum absolute atomic E-state index is 0.315. The highest BCUT2D eigenvalue weighted by Gasteiger charge is 2.35. The summed E-state index contributed by atoms with van der Waals surface area (Å²) < 4.78 is 26.8. The molecule has 1 aliphatic carbocycles. The van der Waals surface area contributed by atoms with Crippen molar-refractivity contribution in [3.05, 3.63) is 88.9 Å². The van der Waals surface area contributed by atoms with Crippen molar-refractivity contribution in [2.24, 2.45) is 0 Å². The predicted molar refractivity (Wildman–Crippen MR) is 127 cm³/mol. The van der Waals surface area contributed by atoms with E-state index in [4.69, 9.17) is 0 Å². The number of carbonyl (C=O) groups excluding carboxylic acids is 2. The fraction of sp³-hybridized carbons (Fsp3) is 0.217. The van der Waals surface area contributed by atoms with E-state index in [2.05, 4.69) is 20.6 Å². The summed E-state index contributed by atoms with van der Waals surface area (Å²) in [5.74, 6) is -1.91. The highest BCUT2D eigenvalue weighted by Crippen LogP contribution is 2.32. The van der Waals surface area contributed by atoms with Gasteiger partial charge in [-0.15, -0.1) is 11.3 Å². The van der Waals surface area contributed by atoms with Gasteiger partial charge in [-0.25, -0.2) is 13.4 Å². The molecule has 4 aromatic rings. The lowest BCUT2D eigenvalue weighted by Crippen LogP contribution is -2.46. The molecule has 2 atom stereocenters. The van der Waals surface area contributed by atoms with Gasteiger partial charge in [-0.3, -0.25) is 19.0 Å². The van der Waals surface area contributed by atoms with Gasteiger partial charge >= 0.3 is 0 Å². The SMILES string of the molecule is O=C(CS(=O)(=O)Cc1ccccn1)N[C@@H]1Cc2ccccc2[C@H]1NC(=O)c1cnc2sccn12. The number of imidazole rings is 1. The normalized spacial score (nSPS) is 17.4. The topological polar surface area (TPSA) is 123 Å². The first-order valence-electron chi connectivity index (χ1n) is 10.6. The first kappa shape index (κ1) is 22.2. The van der Waals surface area contributed by atoms with Gasteiger partial charge in [0.25, 0.3) is 5.91 Å². The monoisotopic (exact) mass is 495 g/mol. The summed E-state index contributed by atoms with van der Waals surface area (Å²) in [6.45, 7) is 0. The molecule has 2 N–H and O–H groups in total. The third-order valence-corrected chi connectivity index (χ3v) is 7.90. The summed E-state index contributed by atoms with van der Waals surface area (Å²) in [7, 11) is -3.71. The molecule has 0 unspecified atom stereocenters. The van der Waals surface area contributed by atoms with E-state index in [0.29, 0.717) is 22.8 Å². The molecule has 0 saturated heterocycles. The van der Waals surface area contributed by atoms with Gasteiger partial charge in [0.1, 0.15) is 11.4 Å². The summed E-state index contributed by atoms with van der Waals surface area (Å²) in [5, 5.41) is 7.68. The van der Waals surface area contributed by atoms with E-state index in [1.54, 1.807) is 28.8 Å². The lowest BCUT2D eigenvalue weighted by Gasteiger charge is -2.23. The average molecular weight is 496 g/mol. The Morgan fingerprint density at radius 2 is 1.91 bits per heavy atom. The fourth-order valence-electron chi connectivity index (χ4n) is 4.23. The van der Waals surface area contributed by atoms with E-state index in [1.807, 2.05) is 29.6 Å². The van der Waals surface area contributed by atoms with E-state index in [9.17, 15) is 18.0 Å². The predicted octanol–water partition coefficient (Wildman–Crippen LogP) is 1.92. The molecule has 0 saturated carbocycles. The number of aromatic nitrogens is 3. The van der Waals surface area contributed by atoms with Crippen molar-refractivity contribution in [1.82, 2.24) is 25.0 Å². The molecule has 0 bridgehead atoms. The lowest BCUT2D eigenvalue weighted by molar-refractivity contribution is -0.119. The van der Waals surface area contributed by atoms with Gasteiger partial charge in [-0.05, 0) is 29.7 Å². The van der Waals surface area contributed by atoms with Crippen LogP contribution in [0.3, 0.4) is 0 Å². The Kier molecular flexibility index (Phi) is 5.88. The molecule has 174 valence electrons. The molecule has 9 nitrogen and oxygen atoms in total. The number of nitrogens with zero attached hydrogens (tertiary/aromatic N) is 3. The number of hydrogen-bond donors (Lipinski definition) is 2. The molecular formula is C23H21N5O4S2. The van der Waals surface area contributed by atoms with E-state index in [-0.39, 0.29) is 11.7 Å². The number of hydrogen-bond acceptors (Lipinski definition) is 7. The number of sulfone groups is 1. The van der Waals surface area contributed by atoms with Gasteiger partial charge in [0.05, 0.1) is 29.7 Å². The van der Waals surface area contributed by atoms with Crippen LogP contribution < -0.4 is 10.6 Å². The number of fused-ring (bicyclic) bond motifs is 2. The van der Waals surface area contributed by atoms with Crippen LogP contribution in [0.1, 0.15) is 33.4 Å². The second-order valence-corrected chi connectivity index (χ2v) is 11.0. The van der Waals surface area contributed by atoms with Gasteiger partial charge in [-0.1, -0.05) is 30.3 Å². The summed E-state index contributed by atoms with van der Waals surface area (Å²) in [6.07, 6.45) is 5.28. The van der Waals surface area contributed by atoms with Gasteiger partial charge < -0.3 is 10.6 Å². The van der Waals surface area contributed by atoms with Crippen LogP contribution in [0.5, 0.6) is 0 Å². The Hall–Kier alpha value is -3.57. The highest BCUT2D eigenvalue weighted by atomic mass is 32.2. The van der Waals surface area contributed by atoms with Crippen molar-refractivity contribution in [1.29, 1.82) is 0 Å². The van der Waals surface area contributed by atoms with Crippen LogP contribution in [-0.2, 0) is 26.8 Å². The minimum atomic E-state index is -3.71. The first-order chi connectivity index (χ1) is 16.4. The van der Waals surface area contributed by atoms with Crippen LogP contribution in [-0.4, -0.2) is 46.4 Å². The lowest BCUT2D eigenvalue weighted by atomic mass is 10.1. The number of pyridine rings is 1. The molecule has 3 heterocycles. The van der Waals surface area contributed by atoms with Crippen molar-refractivity contribution in [2.75, 3.05) is 5.75 Å². The van der Waals surface area contributed by atoms with Gasteiger partial charge in [-0.2, -0.15) is 0 Å². The molecule has 5 rings (SSSR count). The van der Waals surface area contributed by atoms with Crippen LogP contribution in [0.25, 0.3) is 4.96 Å². The van der Waals surface area contributed by atoms with Gasteiger partial charge in [0, 0.05) is 17.8 Å². The third-order valence-electron chi connectivity index (χ3n) is 5.69. The van der Waals surface area contributed by atoms with E-state index in [1.165, 1.54) is 23.7 Å². The van der Waals surface area contributed by atoms with Crippen molar-refractivity contribution in [3.8, 4) is 0 Å². The number of rotatable bonds is 7. The van der Waals surface area contributed by atoms with Crippen molar-refractivity contribution in [3.63, 3.8) is 0 Å². The largest absolute Gasteiger partial charge is 0.350 e. The number of amides is 2. The fourth-order valence-corrected chi connectivity index (χ4v) is 6.12. The zero-order valence-corrected chi connectivity index (χ0v) is 19.6. The van der Waals surface area contributed by atoms with E-state index >= 15 is 0 Å². The van der Waals surface area contributed by atoms with Crippen molar-refractivity contribution < 1.29 is 18.0 Å². The summed E-state index contributed by atoms with van der Waals surface area (Å²) in [5.41, 5.74) is 2.66. The molecule has 0 spiro atoms. The number of nitrogens with one attached hydrogen (secondary N) is 2. The second-order valence-electron chi connectivity index (χ2n) is 8.08. The average Bonchev–Trinajstić information content (AvgIpc) is 3.49. The molecule has 0 fully saturated rings. The Bertz CT molecular complexity index is 1460. The Balaban J connectivity index is 1.31. The van der Waals surface area contributed by atoms with E-state index < -0.39 is 33.6 Å². The van der Waals surface area contributed by atoms with Crippen LogP contribution in [0.4, 0.5) is 0 Å². The van der Waals surface area contributed by atoms with Crippen LogP contribution in [0, 0.1) is 0 Å². The Morgan fingerprint density at radius 1 is 1.09 bits per heavy atom. The van der Waals surface area contributed by atoms with Crippen LogP contribution in [0.15, 0.2) is 66.4 Å². The zero-order chi connectivity index (χ0) is 23.7. The maximum absolute atomic E-state index is 13.1. The number of carbonyl (C=O) groups is 2. The number of thiazole rings is 1. The quantitative estimate of drug-likeness (QED) is 0.404. The second kappa shape index (κ2) is 8.99. The molecule has 2 amide bonds. The van der Waals surface area contributed by atoms with E-state index in [0.717, 1.165) is 11.1 Å². The molecule has 1 aliphatic rings. The maximum atomic E-state index is 13.1. The maximum Gasteiger partial charge on any atom is 0.270 e. The van der Waals surface area contributed by atoms with Crippen molar-refractivity contribution in [2.45, 2.75) is 24.3 Å². The van der Waals surface area contributed by atoms with Crippen LogP contribution >= 0.6 is 11.3 Å².